The number of halogens is 2. The van der Waals surface area contributed by atoms with Gasteiger partial charge in [0.15, 0.2) is 0 Å². The van der Waals surface area contributed by atoms with E-state index in [-0.39, 0.29) is 13.1 Å². The lowest BCUT2D eigenvalue weighted by Crippen LogP contribution is -2.57. The Morgan fingerprint density at radius 1 is 1.64 bits per heavy atom. The van der Waals surface area contributed by atoms with Crippen molar-refractivity contribution in [1.82, 2.24) is 10.2 Å². The summed E-state index contributed by atoms with van der Waals surface area (Å²) in [7, 11) is 1.55. The maximum absolute atomic E-state index is 12.4. The van der Waals surface area contributed by atoms with Gasteiger partial charge in [0, 0.05) is 6.54 Å². The Labute approximate surface area is 80.9 Å². The number of hydrogen-bond donors (Lipinski definition) is 2. The minimum Gasteiger partial charge on any atom is -0.480 e. The Balaban J connectivity index is 2.18. The van der Waals surface area contributed by atoms with E-state index in [1.165, 1.54) is 0 Å². The Kier molecular flexibility index (Phi) is 3.38. The summed E-state index contributed by atoms with van der Waals surface area (Å²) in [4.78, 5) is 12.1. The van der Waals surface area contributed by atoms with Crippen molar-refractivity contribution >= 4 is 5.97 Å². The van der Waals surface area contributed by atoms with E-state index in [1.807, 2.05) is 0 Å². The molecular weight excluding hydrogens is 194 g/mol. The topological polar surface area (TPSA) is 52.6 Å². The van der Waals surface area contributed by atoms with Gasteiger partial charge in [0.25, 0.3) is 5.92 Å². The summed E-state index contributed by atoms with van der Waals surface area (Å²) in [6, 6.07) is -0.649. The van der Waals surface area contributed by atoms with Crippen molar-refractivity contribution in [2.24, 2.45) is 0 Å². The third kappa shape index (κ3) is 2.88. The number of nitrogens with zero attached hydrogens (tertiary/aromatic N) is 1. The highest BCUT2D eigenvalue weighted by atomic mass is 19.3. The molecule has 0 amide bonds. The zero-order valence-corrected chi connectivity index (χ0v) is 7.96. The number of rotatable bonds is 5. The molecule has 0 unspecified atom stereocenters. The number of hydrogen-bond acceptors (Lipinski definition) is 3. The third-order valence-corrected chi connectivity index (χ3v) is 2.29. The maximum Gasteiger partial charge on any atom is 0.320 e. The molecular formula is C8H14F2N2O2. The molecule has 1 rings (SSSR count). The molecule has 4 nitrogen and oxygen atoms in total. The smallest absolute Gasteiger partial charge is 0.320 e. The summed E-state index contributed by atoms with van der Waals surface area (Å²) in [5.41, 5.74) is 0. The fraction of sp³-hybridized carbons (Fsp3) is 0.875. The van der Waals surface area contributed by atoms with Gasteiger partial charge in [-0.15, -0.1) is 0 Å². The highest BCUT2D eigenvalue weighted by molar-refractivity contribution is 5.73. The van der Waals surface area contributed by atoms with Crippen LogP contribution >= 0.6 is 0 Å². The Morgan fingerprint density at radius 3 is 2.57 bits per heavy atom. The Hall–Kier alpha value is -0.750. The number of carboxylic acids is 1. The summed E-state index contributed by atoms with van der Waals surface area (Å²) in [6.07, 6.45) is 0.349. The first kappa shape index (κ1) is 11.3. The van der Waals surface area contributed by atoms with Crippen LogP contribution in [0.15, 0.2) is 0 Å². The van der Waals surface area contributed by atoms with Gasteiger partial charge in [-0.2, -0.15) is 0 Å². The van der Waals surface area contributed by atoms with Crippen molar-refractivity contribution < 1.29 is 18.7 Å². The second-order valence-corrected chi connectivity index (χ2v) is 3.53. The van der Waals surface area contributed by atoms with Gasteiger partial charge in [0.2, 0.25) is 0 Å². The molecule has 1 heterocycles. The van der Waals surface area contributed by atoms with Crippen molar-refractivity contribution in [2.75, 3.05) is 26.7 Å². The number of alkyl halides is 2. The molecule has 0 aromatic carbocycles. The number of likely N-dealkylation sites (tertiary alicyclic amines) is 1. The highest BCUT2D eigenvalue weighted by Crippen LogP contribution is 2.26. The quantitative estimate of drug-likeness (QED) is 0.667. The molecule has 82 valence electrons. The maximum atomic E-state index is 12.4. The number of likely N-dealkylation sites (N-methyl/N-ethyl adjacent to an activating group) is 1. The minimum absolute atomic E-state index is 0.247. The average Bonchev–Trinajstić information content (AvgIpc) is 2.01. The van der Waals surface area contributed by atoms with Crippen LogP contribution in [-0.4, -0.2) is 54.6 Å². The first-order valence-corrected chi connectivity index (χ1v) is 4.45. The van der Waals surface area contributed by atoms with Crippen LogP contribution < -0.4 is 5.32 Å². The molecule has 0 aromatic rings. The molecule has 0 radical (unpaired) electrons. The second kappa shape index (κ2) is 4.18. The van der Waals surface area contributed by atoms with E-state index in [1.54, 1.807) is 11.9 Å². The Bertz CT molecular complexity index is 215. The van der Waals surface area contributed by atoms with E-state index in [9.17, 15) is 13.6 Å². The van der Waals surface area contributed by atoms with Gasteiger partial charge in [-0.3, -0.25) is 9.69 Å². The van der Waals surface area contributed by atoms with Crippen molar-refractivity contribution in [3.8, 4) is 0 Å². The van der Waals surface area contributed by atoms with Crippen LogP contribution in [0, 0.1) is 0 Å². The highest BCUT2D eigenvalue weighted by Gasteiger charge is 2.43. The summed E-state index contributed by atoms with van der Waals surface area (Å²) in [5, 5.41) is 11.3. The van der Waals surface area contributed by atoms with Crippen LogP contribution in [-0.2, 0) is 4.79 Å². The SMILES string of the molecule is CN[C@@H](CCN1CC(F)(F)C1)C(=O)O. The van der Waals surface area contributed by atoms with Gasteiger partial charge in [-0.05, 0) is 13.5 Å². The zero-order valence-electron chi connectivity index (χ0n) is 7.96. The monoisotopic (exact) mass is 208 g/mol. The lowest BCUT2D eigenvalue weighted by atomic mass is 10.1. The Morgan fingerprint density at radius 2 is 2.21 bits per heavy atom. The standard InChI is InChI=1S/C8H14F2N2O2/c1-11-6(7(13)14)2-3-12-4-8(9,10)5-12/h6,11H,2-5H2,1H3,(H,13,14)/t6-/m0/s1. The van der Waals surface area contributed by atoms with Crippen LogP contribution in [0.4, 0.5) is 8.78 Å². The minimum atomic E-state index is -2.57. The predicted octanol–water partition coefficient (Wildman–Crippen LogP) is -0.000000000000000500. The van der Waals surface area contributed by atoms with Crippen molar-refractivity contribution in [2.45, 2.75) is 18.4 Å². The summed E-state index contributed by atoms with van der Waals surface area (Å²) >= 11 is 0. The molecule has 1 aliphatic rings. The molecule has 6 heteroatoms. The molecule has 0 spiro atoms. The van der Waals surface area contributed by atoms with Crippen LogP contribution in [0.1, 0.15) is 6.42 Å². The fourth-order valence-corrected chi connectivity index (χ4v) is 1.47. The van der Waals surface area contributed by atoms with E-state index in [0.717, 1.165) is 0 Å². The average molecular weight is 208 g/mol. The summed E-state index contributed by atoms with van der Waals surface area (Å²) in [6.45, 7) is -0.0977. The van der Waals surface area contributed by atoms with E-state index >= 15 is 0 Å². The first-order chi connectivity index (χ1) is 6.44. The second-order valence-electron chi connectivity index (χ2n) is 3.53. The molecule has 0 bridgehead atoms. The normalized spacial score (nSPS) is 22.8. The summed E-state index contributed by atoms with van der Waals surface area (Å²) in [5.74, 6) is -3.52. The van der Waals surface area contributed by atoms with Crippen LogP contribution in [0.2, 0.25) is 0 Å². The molecule has 1 aliphatic heterocycles. The van der Waals surface area contributed by atoms with Gasteiger partial charge in [-0.1, -0.05) is 0 Å². The third-order valence-electron chi connectivity index (χ3n) is 2.29. The molecule has 0 aliphatic carbocycles. The van der Waals surface area contributed by atoms with Crippen molar-refractivity contribution in [3.05, 3.63) is 0 Å². The number of carboxylic acid groups (broad SMARTS) is 1. The van der Waals surface area contributed by atoms with E-state index in [2.05, 4.69) is 5.32 Å². The van der Waals surface area contributed by atoms with Gasteiger partial charge in [0.05, 0.1) is 13.1 Å². The van der Waals surface area contributed by atoms with Crippen LogP contribution in [0.25, 0.3) is 0 Å². The van der Waals surface area contributed by atoms with E-state index in [0.29, 0.717) is 13.0 Å². The molecule has 1 saturated heterocycles. The van der Waals surface area contributed by atoms with E-state index in [4.69, 9.17) is 5.11 Å². The first-order valence-electron chi connectivity index (χ1n) is 4.45. The summed E-state index contributed by atoms with van der Waals surface area (Å²) < 4.78 is 24.8. The molecule has 1 fully saturated rings. The largest absolute Gasteiger partial charge is 0.480 e. The number of nitrogens with one attached hydrogen (secondary N) is 1. The van der Waals surface area contributed by atoms with Gasteiger partial charge in [-0.25, -0.2) is 8.78 Å². The molecule has 14 heavy (non-hydrogen) atoms. The van der Waals surface area contributed by atoms with E-state index < -0.39 is 17.9 Å². The number of carbonyl (C=O) groups is 1. The van der Waals surface area contributed by atoms with Crippen LogP contribution in [0.5, 0.6) is 0 Å². The van der Waals surface area contributed by atoms with Gasteiger partial charge >= 0.3 is 5.97 Å². The van der Waals surface area contributed by atoms with Crippen molar-refractivity contribution in [3.63, 3.8) is 0 Å². The zero-order chi connectivity index (χ0) is 10.8. The van der Waals surface area contributed by atoms with Gasteiger partial charge in [0.1, 0.15) is 6.04 Å². The number of aliphatic carboxylic acids is 1. The lowest BCUT2D eigenvalue weighted by molar-refractivity contribution is -0.141. The predicted molar refractivity (Wildman–Crippen MR) is 46.5 cm³/mol. The fourth-order valence-electron chi connectivity index (χ4n) is 1.47. The molecule has 1 atom stereocenters. The van der Waals surface area contributed by atoms with Crippen molar-refractivity contribution in [1.29, 1.82) is 0 Å². The molecule has 0 aromatic heterocycles. The van der Waals surface area contributed by atoms with Crippen LogP contribution in [0.3, 0.4) is 0 Å². The van der Waals surface area contributed by atoms with Gasteiger partial charge < -0.3 is 10.4 Å². The molecule has 2 N–H and O–H groups in total. The molecule has 0 saturated carbocycles. The lowest BCUT2D eigenvalue weighted by Gasteiger charge is -2.39.